The maximum atomic E-state index is 5.67. The number of hydrogen-bond donors (Lipinski definition) is 3. The molecule has 9 heteroatoms. The number of hydrazone groups is 1. The van der Waals surface area contributed by atoms with Crippen LogP contribution in [0.1, 0.15) is 11.3 Å². The lowest BCUT2D eigenvalue weighted by atomic mass is 10.2. The van der Waals surface area contributed by atoms with Gasteiger partial charge in [0.25, 0.3) is 0 Å². The van der Waals surface area contributed by atoms with Gasteiger partial charge in [-0.1, -0.05) is 0 Å². The van der Waals surface area contributed by atoms with Crippen molar-refractivity contribution in [3.8, 4) is 11.5 Å². The summed E-state index contributed by atoms with van der Waals surface area (Å²) in [5.74, 6) is 1.55. The van der Waals surface area contributed by atoms with Crippen LogP contribution in [0.5, 0.6) is 11.5 Å². The number of nitrogen functional groups attached to an aromatic ring is 1. The molecule has 1 aliphatic rings. The second-order valence-electron chi connectivity index (χ2n) is 3.88. The zero-order chi connectivity index (χ0) is 13.9. The van der Waals surface area contributed by atoms with E-state index in [-0.39, 0.29) is 24.1 Å². The molecule has 0 aliphatic carbocycles. The summed E-state index contributed by atoms with van der Waals surface area (Å²) in [7, 11) is 0. The van der Waals surface area contributed by atoms with E-state index in [0.29, 0.717) is 11.5 Å². The fourth-order valence-electron chi connectivity index (χ4n) is 1.61. The fraction of sp³-hybridized carbons (Fsp3) is 0.0909. The van der Waals surface area contributed by atoms with E-state index in [1.165, 1.54) is 0 Å². The molecule has 0 saturated heterocycles. The van der Waals surface area contributed by atoms with E-state index >= 15 is 0 Å². The first-order valence-corrected chi connectivity index (χ1v) is 5.64. The maximum absolute atomic E-state index is 5.67. The fourth-order valence-corrected chi connectivity index (χ4v) is 1.61. The number of nitrogens with one attached hydrogen (secondary N) is 1. The van der Waals surface area contributed by atoms with Crippen LogP contribution in [-0.4, -0.2) is 29.2 Å². The average Bonchev–Trinajstić information content (AvgIpc) is 3.06. The number of aromatic nitrogens is 2. The Balaban J connectivity index is 1.76. The first-order chi connectivity index (χ1) is 9.74. The second kappa shape index (κ2) is 4.88. The van der Waals surface area contributed by atoms with Crippen molar-refractivity contribution in [2.24, 2.45) is 10.8 Å². The quantitative estimate of drug-likeness (QED) is 0.341. The van der Waals surface area contributed by atoms with Crippen molar-refractivity contribution in [3.63, 3.8) is 0 Å². The lowest BCUT2D eigenvalue weighted by Gasteiger charge is -1.94. The SMILES string of the molecule is NC(=N[NH+]=Cc1ccc2c(c1)OCO2)c1nonc1N. The lowest BCUT2D eigenvalue weighted by molar-refractivity contribution is -0.456. The van der Waals surface area contributed by atoms with Gasteiger partial charge in [0.05, 0.1) is 0 Å². The Morgan fingerprint density at radius 3 is 2.95 bits per heavy atom. The number of rotatable bonds is 3. The van der Waals surface area contributed by atoms with Gasteiger partial charge in [0.15, 0.2) is 23.0 Å². The van der Waals surface area contributed by atoms with E-state index in [4.69, 9.17) is 20.9 Å². The van der Waals surface area contributed by atoms with Crippen LogP contribution in [0.15, 0.2) is 27.9 Å². The van der Waals surface area contributed by atoms with Crippen molar-refractivity contribution in [2.75, 3.05) is 12.5 Å². The van der Waals surface area contributed by atoms with Crippen LogP contribution < -0.4 is 26.0 Å². The number of nitrogens with zero attached hydrogens (tertiary/aromatic N) is 3. The van der Waals surface area contributed by atoms with E-state index in [0.717, 1.165) is 5.56 Å². The molecular weight excluding hydrogens is 264 g/mol. The van der Waals surface area contributed by atoms with Gasteiger partial charge in [-0.3, -0.25) is 0 Å². The molecule has 0 radical (unpaired) electrons. The standard InChI is InChI=1S/C11H10N6O3/c12-10(9-11(13)17-20-16-9)15-14-4-6-1-2-7-8(3-6)19-5-18-7/h1-4H,5H2,(H2,12,15)(H2,13,17)/p+1. The molecule has 20 heavy (non-hydrogen) atoms. The third kappa shape index (κ3) is 2.23. The lowest BCUT2D eigenvalue weighted by Crippen LogP contribution is -2.63. The summed E-state index contributed by atoms with van der Waals surface area (Å²) in [6.45, 7) is 0.232. The molecule has 0 fully saturated rings. The predicted octanol–water partition coefficient (Wildman–Crippen LogP) is -1.80. The van der Waals surface area contributed by atoms with E-state index in [9.17, 15) is 0 Å². The molecule has 2 aromatic rings. The summed E-state index contributed by atoms with van der Waals surface area (Å²) in [5.41, 5.74) is 12.2. The first-order valence-electron chi connectivity index (χ1n) is 5.64. The van der Waals surface area contributed by atoms with Gasteiger partial charge in [0.1, 0.15) is 0 Å². The van der Waals surface area contributed by atoms with E-state index < -0.39 is 0 Å². The molecule has 0 bridgehead atoms. The van der Waals surface area contributed by atoms with Gasteiger partial charge < -0.3 is 20.9 Å². The van der Waals surface area contributed by atoms with Gasteiger partial charge in [-0.15, -0.1) is 5.10 Å². The Morgan fingerprint density at radius 1 is 1.30 bits per heavy atom. The molecule has 0 spiro atoms. The summed E-state index contributed by atoms with van der Waals surface area (Å²) >= 11 is 0. The highest BCUT2D eigenvalue weighted by Crippen LogP contribution is 2.31. The van der Waals surface area contributed by atoms with Crippen LogP contribution in [0.3, 0.4) is 0 Å². The number of benzene rings is 1. The minimum absolute atomic E-state index is 0.0701. The van der Waals surface area contributed by atoms with Crippen molar-refractivity contribution in [1.82, 2.24) is 10.3 Å². The van der Waals surface area contributed by atoms with Crippen LogP contribution in [0.25, 0.3) is 0 Å². The maximum Gasteiger partial charge on any atom is 0.231 e. The van der Waals surface area contributed by atoms with Crippen molar-refractivity contribution in [3.05, 3.63) is 29.5 Å². The molecule has 102 valence electrons. The third-order valence-corrected chi connectivity index (χ3v) is 2.57. The Hall–Kier alpha value is -3.10. The Kier molecular flexibility index (Phi) is 2.92. The van der Waals surface area contributed by atoms with E-state index in [2.05, 4.69) is 25.1 Å². The number of hydrogen-bond acceptors (Lipinski definition) is 7. The normalized spacial score (nSPS) is 14.1. The van der Waals surface area contributed by atoms with Crippen LogP contribution in [0.4, 0.5) is 5.82 Å². The minimum atomic E-state index is 0.0701. The summed E-state index contributed by atoms with van der Waals surface area (Å²) < 4.78 is 14.9. The molecule has 2 heterocycles. The molecule has 1 aromatic heterocycles. The molecule has 3 rings (SSSR count). The molecule has 0 unspecified atom stereocenters. The highest BCUT2D eigenvalue weighted by molar-refractivity contribution is 5.98. The largest absolute Gasteiger partial charge is 0.454 e. The van der Waals surface area contributed by atoms with Crippen LogP contribution in [-0.2, 0) is 0 Å². The topological polar surface area (TPSA) is 136 Å². The zero-order valence-corrected chi connectivity index (χ0v) is 10.2. The molecule has 0 atom stereocenters. The zero-order valence-electron chi connectivity index (χ0n) is 10.2. The van der Waals surface area contributed by atoms with Gasteiger partial charge in [-0.2, -0.15) is 0 Å². The van der Waals surface area contributed by atoms with E-state index in [1.54, 1.807) is 6.21 Å². The number of fused-ring (bicyclic) bond motifs is 1. The van der Waals surface area contributed by atoms with Gasteiger partial charge in [-0.25, -0.2) is 4.63 Å². The van der Waals surface area contributed by atoms with Crippen LogP contribution in [0, 0.1) is 0 Å². The first kappa shape index (κ1) is 12.0. The van der Waals surface area contributed by atoms with Crippen LogP contribution in [0.2, 0.25) is 0 Å². The number of amidine groups is 1. The number of anilines is 1. The molecular formula is C11H11N6O3+. The molecule has 5 N–H and O–H groups in total. The second-order valence-corrected chi connectivity index (χ2v) is 3.88. The summed E-state index contributed by atoms with van der Waals surface area (Å²) in [4.78, 5) is 0. The Morgan fingerprint density at radius 2 is 2.15 bits per heavy atom. The average molecular weight is 275 g/mol. The van der Waals surface area contributed by atoms with Crippen molar-refractivity contribution < 1.29 is 19.2 Å². The highest BCUT2D eigenvalue weighted by atomic mass is 16.7. The predicted molar refractivity (Wildman–Crippen MR) is 68.1 cm³/mol. The molecule has 1 aromatic carbocycles. The third-order valence-electron chi connectivity index (χ3n) is 2.57. The Labute approximate surface area is 112 Å². The molecule has 0 amide bonds. The smallest absolute Gasteiger partial charge is 0.231 e. The van der Waals surface area contributed by atoms with Crippen molar-refractivity contribution in [2.45, 2.75) is 0 Å². The van der Waals surface area contributed by atoms with Gasteiger partial charge in [0, 0.05) is 10.7 Å². The molecule has 9 nitrogen and oxygen atoms in total. The monoisotopic (exact) mass is 275 g/mol. The van der Waals surface area contributed by atoms with E-state index in [1.807, 2.05) is 18.2 Å². The van der Waals surface area contributed by atoms with Crippen molar-refractivity contribution >= 4 is 17.9 Å². The highest BCUT2D eigenvalue weighted by Gasteiger charge is 2.14. The minimum Gasteiger partial charge on any atom is -0.454 e. The molecule has 0 saturated carbocycles. The van der Waals surface area contributed by atoms with Gasteiger partial charge >= 0.3 is 0 Å². The summed E-state index contributed by atoms with van der Waals surface area (Å²) in [6, 6.07) is 5.47. The summed E-state index contributed by atoms with van der Waals surface area (Å²) in [5, 5.41) is 13.5. The summed E-state index contributed by atoms with van der Waals surface area (Å²) in [6.07, 6.45) is 1.64. The Bertz CT molecular complexity index is 693. The van der Waals surface area contributed by atoms with Crippen molar-refractivity contribution in [1.29, 1.82) is 0 Å². The van der Waals surface area contributed by atoms with Gasteiger partial charge in [0.2, 0.25) is 18.8 Å². The number of nitrogens with two attached hydrogens (primary N) is 2. The van der Waals surface area contributed by atoms with Crippen LogP contribution >= 0.6 is 0 Å². The van der Waals surface area contributed by atoms with Gasteiger partial charge in [-0.05, 0) is 28.5 Å². The number of ether oxygens (including phenoxy) is 2. The molecule has 1 aliphatic heterocycles.